The maximum absolute atomic E-state index is 12.9. The number of aliphatic hydroxyl groups excluding tert-OH is 1. The Morgan fingerprint density at radius 1 is 1.29 bits per heavy atom. The van der Waals surface area contributed by atoms with Crippen molar-refractivity contribution in [1.82, 2.24) is 4.31 Å². The first-order valence-corrected chi connectivity index (χ1v) is 8.56. The number of ether oxygens (including phenoxy) is 1. The van der Waals surface area contributed by atoms with Crippen molar-refractivity contribution >= 4 is 10.0 Å². The Morgan fingerprint density at radius 2 is 1.95 bits per heavy atom. The summed E-state index contributed by atoms with van der Waals surface area (Å²) >= 11 is 0. The van der Waals surface area contributed by atoms with Gasteiger partial charge in [0.15, 0.2) is 0 Å². The Morgan fingerprint density at radius 3 is 2.52 bits per heavy atom. The molecule has 1 atom stereocenters. The van der Waals surface area contributed by atoms with E-state index in [0.717, 1.165) is 5.56 Å². The zero-order chi connectivity index (χ0) is 15.8. The van der Waals surface area contributed by atoms with Crippen LogP contribution in [0.15, 0.2) is 11.0 Å². The van der Waals surface area contributed by atoms with Gasteiger partial charge in [0.1, 0.15) is 5.75 Å². The predicted octanol–water partition coefficient (Wildman–Crippen LogP) is 1.77. The molecule has 5 nitrogen and oxygen atoms in total. The third kappa shape index (κ3) is 2.93. The second kappa shape index (κ2) is 5.94. The van der Waals surface area contributed by atoms with Crippen LogP contribution < -0.4 is 4.74 Å². The summed E-state index contributed by atoms with van der Waals surface area (Å²) in [7, 11) is -2.01. The Kier molecular flexibility index (Phi) is 4.60. The van der Waals surface area contributed by atoms with E-state index in [2.05, 4.69) is 0 Å². The number of benzene rings is 1. The molecule has 2 rings (SSSR count). The fourth-order valence-corrected chi connectivity index (χ4v) is 4.90. The highest BCUT2D eigenvalue weighted by Crippen LogP contribution is 2.33. The van der Waals surface area contributed by atoms with Gasteiger partial charge in [-0.2, -0.15) is 4.31 Å². The third-order valence-electron chi connectivity index (χ3n) is 4.16. The Hall–Kier alpha value is -1.11. The van der Waals surface area contributed by atoms with E-state index in [0.29, 0.717) is 41.2 Å². The lowest BCUT2D eigenvalue weighted by molar-refractivity contribution is 0.108. The van der Waals surface area contributed by atoms with E-state index in [4.69, 9.17) is 4.74 Å². The molecule has 1 N–H and O–H groups in total. The van der Waals surface area contributed by atoms with E-state index in [1.165, 1.54) is 4.31 Å². The quantitative estimate of drug-likeness (QED) is 0.923. The molecule has 1 unspecified atom stereocenters. The van der Waals surface area contributed by atoms with Crippen molar-refractivity contribution in [2.75, 3.05) is 20.2 Å². The first kappa shape index (κ1) is 16.3. The summed E-state index contributed by atoms with van der Waals surface area (Å²) in [6, 6.07) is 1.76. The molecule has 118 valence electrons. The average Bonchev–Trinajstić information content (AvgIpc) is 2.42. The molecule has 0 amide bonds. The zero-order valence-electron chi connectivity index (χ0n) is 13.0. The van der Waals surface area contributed by atoms with Gasteiger partial charge in [-0.3, -0.25) is 0 Å². The maximum atomic E-state index is 12.9. The van der Waals surface area contributed by atoms with Crippen LogP contribution in [0.3, 0.4) is 0 Å². The molecule has 1 aromatic carbocycles. The van der Waals surface area contributed by atoms with E-state index in [1.807, 2.05) is 6.92 Å². The van der Waals surface area contributed by atoms with Crippen LogP contribution in [0.25, 0.3) is 0 Å². The lowest BCUT2D eigenvalue weighted by atomic mass is 10.1. The fraction of sp³-hybridized carbons (Fsp3) is 0.600. The van der Waals surface area contributed by atoms with Crippen molar-refractivity contribution < 1.29 is 18.3 Å². The van der Waals surface area contributed by atoms with Crippen LogP contribution in [-0.4, -0.2) is 44.1 Å². The Bertz CT molecular complexity index is 640. The summed E-state index contributed by atoms with van der Waals surface area (Å²) in [5, 5.41) is 9.74. The summed E-state index contributed by atoms with van der Waals surface area (Å²) in [4.78, 5) is 0.343. The molecule has 1 aliphatic rings. The minimum atomic E-state index is -3.59. The molecule has 0 bridgehead atoms. The van der Waals surface area contributed by atoms with Crippen molar-refractivity contribution in [3.8, 4) is 5.75 Å². The first-order valence-electron chi connectivity index (χ1n) is 7.12. The van der Waals surface area contributed by atoms with Crippen molar-refractivity contribution in [2.45, 2.75) is 44.6 Å². The van der Waals surface area contributed by atoms with Gasteiger partial charge < -0.3 is 9.84 Å². The normalized spacial score (nSPS) is 20.5. The topological polar surface area (TPSA) is 66.8 Å². The number of methoxy groups -OCH3 is 1. The molecule has 0 radical (unpaired) electrons. The summed E-state index contributed by atoms with van der Waals surface area (Å²) in [6.45, 7) is 6.08. The van der Waals surface area contributed by atoms with Crippen molar-refractivity contribution in [1.29, 1.82) is 0 Å². The highest BCUT2D eigenvalue weighted by Gasteiger charge is 2.32. The van der Waals surface area contributed by atoms with E-state index in [9.17, 15) is 13.5 Å². The smallest absolute Gasteiger partial charge is 0.243 e. The van der Waals surface area contributed by atoms with E-state index >= 15 is 0 Å². The lowest BCUT2D eigenvalue weighted by Crippen LogP contribution is -2.42. The van der Waals surface area contributed by atoms with Crippen LogP contribution in [0, 0.1) is 20.8 Å². The molecular formula is C15H23NO4S. The average molecular weight is 313 g/mol. The molecule has 1 saturated heterocycles. The molecule has 0 spiro atoms. The molecule has 1 heterocycles. The third-order valence-corrected chi connectivity index (χ3v) is 6.31. The number of aliphatic hydroxyl groups is 1. The fourth-order valence-electron chi connectivity index (χ4n) is 2.90. The molecule has 1 aromatic rings. The standard InChI is InChI=1S/C15H23NO4S/c1-10-8-14(20-4)11(2)12(3)15(10)21(18,19)16-7-5-6-13(17)9-16/h8,13,17H,5-7,9H2,1-4H3. The largest absolute Gasteiger partial charge is 0.496 e. The van der Waals surface area contributed by atoms with Crippen LogP contribution in [-0.2, 0) is 10.0 Å². The van der Waals surface area contributed by atoms with Crippen LogP contribution in [0.2, 0.25) is 0 Å². The van der Waals surface area contributed by atoms with E-state index in [-0.39, 0.29) is 6.54 Å². The monoisotopic (exact) mass is 313 g/mol. The maximum Gasteiger partial charge on any atom is 0.243 e. The van der Waals surface area contributed by atoms with Crippen LogP contribution >= 0.6 is 0 Å². The number of hydrogen-bond acceptors (Lipinski definition) is 4. The Balaban J connectivity index is 2.52. The molecule has 1 aliphatic heterocycles. The van der Waals surface area contributed by atoms with Gasteiger partial charge in [0.25, 0.3) is 0 Å². The molecule has 0 saturated carbocycles. The Labute approximate surface area is 126 Å². The number of rotatable bonds is 3. The number of hydrogen-bond donors (Lipinski definition) is 1. The van der Waals surface area contributed by atoms with E-state index < -0.39 is 16.1 Å². The molecule has 21 heavy (non-hydrogen) atoms. The summed E-state index contributed by atoms with van der Waals surface area (Å²) < 4.78 is 32.5. The van der Waals surface area contributed by atoms with Gasteiger partial charge in [0, 0.05) is 13.1 Å². The summed E-state index contributed by atoms with van der Waals surface area (Å²) in [6.07, 6.45) is 0.771. The van der Waals surface area contributed by atoms with Gasteiger partial charge in [-0.25, -0.2) is 8.42 Å². The number of nitrogens with zero attached hydrogens (tertiary/aromatic N) is 1. The second-order valence-corrected chi connectivity index (χ2v) is 7.51. The van der Waals surface area contributed by atoms with Crippen LogP contribution in [0.5, 0.6) is 5.75 Å². The number of sulfonamides is 1. The van der Waals surface area contributed by atoms with Gasteiger partial charge in [-0.05, 0) is 56.4 Å². The van der Waals surface area contributed by atoms with Gasteiger partial charge in [0.05, 0.1) is 18.1 Å². The minimum absolute atomic E-state index is 0.173. The van der Waals surface area contributed by atoms with Crippen LogP contribution in [0.1, 0.15) is 29.5 Å². The SMILES string of the molecule is COc1cc(C)c(S(=O)(=O)N2CCCC(O)C2)c(C)c1C. The molecular weight excluding hydrogens is 290 g/mol. The molecule has 6 heteroatoms. The van der Waals surface area contributed by atoms with Crippen molar-refractivity contribution in [3.63, 3.8) is 0 Å². The predicted molar refractivity (Wildman–Crippen MR) is 81.2 cm³/mol. The first-order chi connectivity index (χ1) is 9.78. The molecule has 0 aliphatic carbocycles. The minimum Gasteiger partial charge on any atom is -0.496 e. The molecule has 1 fully saturated rings. The second-order valence-electron chi connectivity index (χ2n) is 5.63. The number of piperidine rings is 1. The zero-order valence-corrected chi connectivity index (χ0v) is 13.8. The van der Waals surface area contributed by atoms with Crippen molar-refractivity contribution in [3.05, 3.63) is 22.8 Å². The van der Waals surface area contributed by atoms with E-state index in [1.54, 1.807) is 27.0 Å². The number of β-amino-alcohol motifs (C(OH)–C–C–N with tert-alkyl or cyclic N) is 1. The highest BCUT2D eigenvalue weighted by atomic mass is 32.2. The van der Waals surface area contributed by atoms with Crippen molar-refractivity contribution in [2.24, 2.45) is 0 Å². The van der Waals surface area contributed by atoms with Gasteiger partial charge in [-0.15, -0.1) is 0 Å². The van der Waals surface area contributed by atoms with Gasteiger partial charge >= 0.3 is 0 Å². The highest BCUT2D eigenvalue weighted by molar-refractivity contribution is 7.89. The van der Waals surface area contributed by atoms with Gasteiger partial charge in [0.2, 0.25) is 10.0 Å². The van der Waals surface area contributed by atoms with Gasteiger partial charge in [-0.1, -0.05) is 0 Å². The number of aryl methyl sites for hydroxylation is 1. The summed E-state index contributed by atoms with van der Waals surface area (Å²) in [5.74, 6) is 0.697. The molecule has 0 aromatic heterocycles. The lowest BCUT2D eigenvalue weighted by Gasteiger charge is -2.30. The van der Waals surface area contributed by atoms with Crippen LogP contribution in [0.4, 0.5) is 0 Å². The summed E-state index contributed by atoms with van der Waals surface area (Å²) in [5.41, 5.74) is 2.22.